The molecule has 4 aliphatic rings. The van der Waals surface area contributed by atoms with Crippen molar-refractivity contribution in [1.82, 2.24) is 20.0 Å². The molecule has 1 unspecified atom stereocenters. The number of piperidine rings is 2. The molecule has 12 heteroatoms. The summed E-state index contributed by atoms with van der Waals surface area (Å²) in [5.74, 6) is -2.74. The standard InChI is InChI=1S/C25H29N5O7/c1-37-24(35)14-7-10-29(13-14)25(36)28-11-8-15(9-12-28)26-17-4-2-3-16-20(17)23(34)30(22(16)33)18-5-6-19(31)27-21(18)32/h2-4,14-15,18,26H,5-13H2,1H3,(H,27,31,32)/t14-,18?/m1/s1. The number of carbonyl (C=O) groups is 6. The Hall–Kier alpha value is -3.96. The van der Waals surface area contributed by atoms with E-state index >= 15 is 0 Å². The lowest BCUT2D eigenvalue weighted by Gasteiger charge is -2.35. The van der Waals surface area contributed by atoms with Gasteiger partial charge >= 0.3 is 12.0 Å². The number of nitrogens with zero attached hydrogens (tertiary/aromatic N) is 3. The second kappa shape index (κ2) is 9.83. The molecule has 196 valence electrons. The molecule has 37 heavy (non-hydrogen) atoms. The van der Waals surface area contributed by atoms with Gasteiger partial charge in [-0.05, 0) is 37.8 Å². The minimum atomic E-state index is -1.02. The Morgan fingerprint density at radius 2 is 1.70 bits per heavy atom. The van der Waals surface area contributed by atoms with E-state index in [1.165, 1.54) is 7.11 Å². The van der Waals surface area contributed by atoms with Gasteiger partial charge in [-0.15, -0.1) is 0 Å². The Labute approximate surface area is 213 Å². The molecule has 1 aromatic carbocycles. The van der Waals surface area contributed by atoms with Gasteiger partial charge in [0.2, 0.25) is 11.8 Å². The number of ether oxygens (including phenoxy) is 1. The number of rotatable bonds is 4. The van der Waals surface area contributed by atoms with Crippen molar-refractivity contribution >= 4 is 41.3 Å². The lowest BCUT2D eigenvalue weighted by Crippen LogP contribution is -2.54. The first-order chi connectivity index (χ1) is 17.8. The zero-order valence-corrected chi connectivity index (χ0v) is 20.5. The number of esters is 1. The van der Waals surface area contributed by atoms with Crippen molar-refractivity contribution < 1.29 is 33.5 Å². The minimum absolute atomic E-state index is 0.0236. The van der Waals surface area contributed by atoms with Crippen LogP contribution in [-0.2, 0) is 19.1 Å². The fourth-order valence-corrected chi connectivity index (χ4v) is 5.56. The average molecular weight is 512 g/mol. The molecule has 0 saturated carbocycles. The normalized spacial score (nSPS) is 24.3. The van der Waals surface area contributed by atoms with Crippen LogP contribution in [0.15, 0.2) is 18.2 Å². The molecular weight excluding hydrogens is 482 g/mol. The zero-order valence-electron chi connectivity index (χ0n) is 20.5. The molecule has 3 saturated heterocycles. The fraction of sp³-hybridized carbons (Fsp3) is 0.520. The molecule has 0 radical (unpaired) electrons. The molecule has 2 atom stereocenters. The fourth-order valence-electron chi connectivity index (χ4n) is 5.56. The van der Waals surface area contributed by atoms with Crippen molar-refractivity contribution in [3.8, 4) is 0 Å². The number of benzene rings is 1. The summed E-state index contributed by atoms with van der Waals surface area (Å²) in [6, 6.07) is 3.84. The molecule has 0 aromatic heterocycles. The molecule has 3 fully saturated rings. The summed E-state index contributed by atoms with van der Waals surface area (Å²) in [6.45, 7) is 1.91. The highest BCUT2D eigenvalue weighted by molar-refractivity contribution is 6.25. The van der Waals surface area contributed by atoms with Crippen LogP contribution in [0.25, 0.3) is 0 Å². The Kier molecular flexibility index (Phi) is 6.57. The molecule has 0 aliphatic carbocycles. The van der Waals surface area contributed by atoms with E-state index in [1.807, 2.05) is 0 Å². The summed E-state index contributed by atoms with van der Waals surface area (Å²) < 4.78 is 4.79. The third kappa shape index (κ3) is 4.51. The van der Waals surface area contributed by atoms with Gasteiger partial charge in [-0.25, -0.2) is 4.79 Å². The molecule has 4 heterocycles. The van der Waals surface area contributed by atoms with Crippen LogP contribution in [-0.4, -0.2) is 95.7 Å². The zero-order chi connectivity index (χ0) is 26.3. The summed E-state index contributed by atoms with van der Waals surface area (Å²) in [6.07, 6.45) is 2.04. The molecule has 5 rings (SSSR count). The van der Waals surface area contributed by atoms with E-state index in [0.29, 0.717) is 51.1 Å². The predicted molar refractivity (Wildman–Crippen MR) is 128 cm³/mol. The Balaban J connectivity index is 1.22. The molecule has 4 aliphatic heterocycles. The number of likely N-dealkylation sites (tertiary alicyclic amines) is 2. The van der Waals surface area contributed by atoms with Crippen molar-refractivity contribution in [2.75, 3.05) is 38.6 Å². The number of urea groups is 1. The van der Waals surface area contributed by atoms with Crippen LogP contribution < -0.4 is 10.6 Å². The van der Waals surface area contributed by atoms with Crippen LogP contribution in [0.4, 0.5) is 10.5 Å². The Morgan fingerprint density at radius 1 is 0.973 bits per heavy atom. The molecule has 0 bridgehead atoms. The lowest BCUT2D eigenvalue weighted by molar-refractivity contribution is -0.145. The van der Waals surface area contributed by atoms with Crippen molar-refractivity contribution in [3.63, 3.8) is 0 Å². The summed E-state index contributed by atoms with van der Waals surface area (Å²) in [4.78, 5) is 79.3. The van der Waals surface area contributed by atoms with Crippen LogP contribution in [0.3, 0.4) is 0 Å². The number of anilines is 1. The minimum Gasteiger partial charge on any atom is -0.469 e. The number of hydrogen-bond acceptors (Lipinski definition) is 8. The van der Waals surface area contributed by atoms with E-state index in [1.54, 1.807) is 28.0 Å². The van der Waals surface area contributed by atoms with Crippen molar-refractivity contribution in [2.24, 2.45) is 5.92 Å². The van der Waals surface area contributed by atoms with Crippen molar-refractivity contribution in [3.05, 3.63) is 29.3 Å². The van der Waals surface area contributed by atoms with E-state index in [9.17, 15) is 28.8 Å². The van der Waals surface area contributed by atoms with Gasteiger partial charge in [0, 0.05) is 44.3 Å². The van der Waals surface area contributed by atoms with Crippen molar-refractivity contribution in [2.45, 2.75) is 44.2 Å². The number of fused-ring (bicyclic) bond motifs is 1. The summed E-state index contributed by atoms with van der Waals surface area (Å²) in [5.41, 5.74) is 0.957. The predicted octanol–water partition coefficient (Wildman–Crippen LogP) is 0.579. The highest BCUT2D eigenvalue weighted by Crippen LogP contribution is 2.33. The molecule has 2 N–H and O–H groups in total. The summed E-state index contributed by atoms with van der Waals surface area (Å²) >= 11 is 0. The number of imide groups is 2. The average Bonchev–Trinajstić information content (AvgIpc) is 3.48. The number of amides is 6. The van der Waals surface area contributed by atoms with Crippen LogP contribution in [0, 0.1) is 5.92 Å². The van der Waals surface area contributed by atoms with E-state index in [-0.39, 0.29) is 47.9 Å². The van der Waals surface area contributed by atoms with Gasteiger partial charge in [0.1, 0.15) is 6.04 Å². The van der Waals surface area contributed by atoms with Crippen molar-refractivity contribution in [1.29, 1.82) is 0 Å². The smallest absolute Gasteiger partial charge is 0.320 e. The van der Waals surface area contributed by atoms with E-state index in [4.69, 9.17) is 4.74 Å². The second-order valence-electron chi connectivity index (χ2n) is 9.82. The molecular formula is C25H29N5O7. The summed E-state index contributed by atoms with van der Waals surface area (Å²) in [5, 5.41) is 5.57. The molecule has 1 aromatic rings. The first kappa shape index (κ1) is 24.7. The van der Waals surface area contributed by atoms with Crippen LogP contribution in [0.2, 0.25) is 0 Å². The molecule has 0 spiro atoms. The monoisotopic (exact) mass is 511 g/mol. The Morgan fingerprint density at radius 3 is 2.41 bits per heavy atom. The third-order valence-corrected chi connectivity index (χ3v) is 7.59. The number of hydrogen-bond donors (Lipinski definition) is 2. The van der Waals surface area contributed by atoms with E-state index < -0.39 is 29.7 Å². The summed E-state index contributed by atoms with van der Waals surface area (Å²) in [7, 11) is 1.35. The van der Waals surface area contributed by atoms with Crippen LogP contribution in [0.5, 0.6) is 0 Å². The van der Waals surface area contributed by atoms with Gasteiger partial charge in [-0.3, -0.25) is 34.2 Å². The molecule has 6 amide bonds. The number of nitrogens with one attached hydrogen (secondary N) is 2. The SMILES string of the molecule is COC(=O)[C@@H]1CCN(C(=O)N2CCC(Nc3cccc4c3C(=O)N(C3CCC(=O)NC3=O)C4=O)CC2)C1. The van der Waals surface area contributed by atoms with Gasteiger partial charge in [0.05, 0.1) is 24.2 Å². The number of carbonyl (C=O) groups excluding carboxylic acids is 6. The van der Waals surface area contributed by atoms with E-state index in [2.05, 4.69) is 10.6 Å². The highest BCUT2D eigenvalue weighted by atomic mass is 16.5. The largest absolute Gasteiger partial charge is 0.469 e. The first-order valence-electron chi connectivity index (χ1n) is 12.5. The maximum Gasteiger partial charge on any atom is 0.320 e. The maximum atomic E-state index is 13.3. The molecule has 12 nitrogen and oxygen atoms in total. The van der Waals surface area contributed by atoms with E-state index in [0.717, 1.165) is 4.90 Å². The highest BCUT2D eigenvalue weighted by Gasteiger charge is 2.46. The van der Waals surface area contributed by atoms with Gasteiger partial charge in [-0.2, -0.15) is 0 Å². The Bertz CT molecular complexity index is 1180. The third-order valence-electron chi connectivity index (χ3n) is 7.59. The maximum absolute atomic E-state index is 13.3. The quantitative estimate of drug-likeness (QED) is 0.441. The van der Waals surface area contributed by atoms with Crippen LogP contribution in [0.1, 0.15) is 52.8 Å². The van der Waals surface area contributed by atoms with Gasteiger partial charge in [0.25, 0.3) is 11.8 Å². The van der Waals surface area contributed by atoms with Gasteiger partial charge in [0.15, 0.2) is 0 Å². The number of methoxy groups -OCH3 is 1. The van der Waals surface area contributed by atoms with Gasteiger partial charge < -0.3 is 19.9 Å². The van der Waals surface area contributed by atoms with Crippen LogP contribution >= 0.6 is 0 Å². The second-order valence-corrected chi connectivity index (χ2v) is 9.82. The first-order valence-corrected chi connectivity index (χ1v) is 12.5. The topological polar surface area (TPSA) is 145 Å². The lowest BCUT2D eigenvalue weighted by atomic mass is 10.0. The van der Waals surface area contributed by atoms with Gasteiger partial charge in [-0.1, -0.05) is 6.07 Å².